The molecule has 3 heteroatoms. The fourth-order valence-electron chi connectivity index (χ4n) is 2.11. The number of hydrogen-bond acceptors (Lipinski definition) is 3. The van der Waals surface area contributed by atoms with Crippen molar-refractivity contribution in [2.75, 3.05) is 0 Å². The number of nitrogens with one attached hydrogen (secondary N) is 1. The van der Waals surface area contributed by atoms with Crippen LogP contribution in [0.2, 0.25) is 0 Å². The summed E-state index contributed by atoms with van der Waals surface area (Å²) in [5.41, 5.74) is 3.11. The second kappa shape index (κ2) is 3.87. The fourth-order valence-corrected chi connectivity index (χ4v) is 2.11. The van der Waals surface area contributed by atoms with E-state index < -0.39 is 0 Å². The largest absolute Gasteiger partial charge is 0.286 e. The second-order valence-electron chi connectivity index (χ2n) is 3.86. The van der Waals surface area contributed by atoms with Crippen molar-refractivity contribution in [1.29, 1.82) is 0 Å². The zero-order chi connectivity index (χ0) is 8.23. The van der Waals surface area contributed by atoms with Crippen molar-refractivity contribution >= 4 is 0 Å². The molecule has 1 aliphatic carbocycles. The van der Waals surface area contributed by atoms with E-state index in [1.807, 2.05) is 0 Å². The molecular weight excluding hydrogens is 150 g/mol. The molecule has 0 bridgehead atoms. The molecule has 12 heavy (non-hydrogen) atoms. The van der Waals surface area contributed by atoms with E-state index in [-0.39, 0.29) is 0 Å². The molecule has 68 valence electrons. The highest BCUT2D eigenvalue weighted by Crippen LogP contribution is 2.22. The topological polar surface area (TPSA) is 36.8 Å². The van der Waals surface area contributed by atoms with Gasteiger partial charge in [-0.3, -0.25) is 5.43 Å². The van der Waals surface area contributed by atoms with Gasteiger partial charge in [0.2, 0.25) is 0 Å². The maximum Gasteiger partial charge on any atom is 0.0947 e. The third-order valence-electron chi connectivity index (χ3n) is 2.91. The molecule has 3 nitrogen and oxygen atoms in total. The van der Waals surface area contributed by atoms with E-state index in [1.165, 1.54) is 44.9 Å². The van der Waals surface area contributed by atoms with Gasteiger partial charge in [-0.1, -0.05) is 37.3 Å². The Kier molecular flexibility index (Phi) is 2.59. The average molecular weight is 167 g/mol. The zero-order valence-corrected chi connectivity index (χ0v) is 7.50. The maximum atomic E-state index is 4.21. The van der Waals surface area contributed by atoms with Crippen molar-refractivity contribution in [2.45, 2.75) is 57.0 Å². The Morgan fingerprint density at radius 3 is 2.58 bits per heavy atom. The summed E-state index contributed by atoms with van der Waals surface area (Å²) in [4.78, 5) is 0. The summed E-state index contributed by atoms with van der Waals surface area (Å²) < 4.78 is 0. The van der Waals surface area contributed by atoms with Crippen LogP contribution in [0.3, 0.4) is 0 Å². The van der Waals surface area contributed by atoms with Gasteiger partial charge in [0.05, 0.1) is 12.1 Å². The minimum absolute atomic E-state index is 0.489. The van der Waals surface area contributed by atoms with Gasteiger partial charge in [-0.05, 0) is 12.8 Å². The summed E-state index contributed by atoms with van der Waals surface area (Å²) in [6, 6.07) is 1.05. The highest BCUT2D eigenvalue weighted by Gasteiger charge is 2.25. The molecule has 2 rings (SSSR count). The Morgan fingerprint density at radius 2 is 1.67 bits per heavy atom. The Labute approximate surface area is 73.6 Å². The van der Waals surface area contributed by atoms with Crippen molar-refractivity contribution in [2.24, 2.45) is 10.3 Å². The van der Waals surface area contributed by atoms with Gasteiger partial charge in [0.25, 0.3) is 0 Å². The van der Waals surface area contributed by atoms with E-state index in [0.29, 0.717) is 12.1 Å². The Morgan fingerprint density at radius 1 is 0.917 bits per heavy atom. The lowest BCUT2D eigenvalue weighted by atomic mass is 10.0. The van der Waals surface area contributed by atoms with E-state index in [2.05, 4.69) is 15.8 Å². The zero-order valence-electron chi connectivity index (χ0n) is 7.50. The predicted molar refractivity (Wildman–Crippen MR) is 47.9 cm³/mol. The molecule has 0 spiro atoms. The van der Waals surface area contributed by atoms with Crippen LogP contribution >= 0.6 is 0 Å². The predicted octanol–water partition coefficient (Wildman–Crippen LogP) is 2.44. The molecule has 2 atom stereocenters. The van der Waals surface area contributed by atoms with Gasteiger partial charge in [0.1, 0.15) is 0 Å². The molecule has 1 saturated carbocycles. The van der Waals surface area contributed by atoms with E-state index >= 15 is 0 Å². The van der Waals surface area contributed by atoms with E-state index in [9.17, 15) is 0 Å². The highest BCUT2D eigenvalue weighted by molar-refractivity contribution is 4.84. The smallest absolute Gasteiger partial charge is 0.0947 e. The Bertz CT molecular complexity index is 167. The average Bonchev–Trinajstić information content (AvgIpc) is 2.50. The normalized spacial score (nSPS) is 36.0. The van der Waals surface area contributed by atoms with E-state index in [0.717, 1.165) is 0 Å². The lowest BCUT2D eigenvalue weighted by Gasteiger charge is -2.13. The molecule has 0 aromatic carbocycles. The van der Waals surface area contributed by atoms with Gasteiger partial charge in [-0.2, -0.15) is 5.11 Å². The first-order valence-corrected chi connectivity index (χ1v) is 5.12. The molecule has 0 saturated heterocycles. The number of hydrogen-bond donors (Lipinski definition) is 1. The first-order valence-electron chi connectivity index (χ1n) is 5.12. The molecule has 0 amide bonds. The molecule has 2 aliphatic rings. The Balaban J connectivity index is 1.90. The van der Waals surface area contributed by atoms with Crippen LogP contribution in [0.1, 0.15) is 44.9 Å². The van der Waals surface area contributed by atoms with Gasteiger partial charge in [0, 0.05) is 0 Å². The summed E-state index contributed by atoms with van der Waals surface area (Å²) in [7, 11) is 0. The van der Waals surface area contributed by atoms with Crippen molar-refractivity contribution in [1.82, 2.24) is 5.43 Å². The van der Waals surface area contributed by atoms with E-state index in [4.69, 9.17) is 0 Å². The molecule has 0 aromatic heterocycles. The molecule has 0 aromatic rings. The molecule has 1 N–H and O–H groups in total. The lowest BCUT2D eigenvalue weighted by molar-refractivity contribution is 0.450. The minimum atomic E-state index is 0.489. The number of rotatable bonds is 0. The van der Waals surface area contributed by atoms with Crippen LogP contribution in [-0.4, -0.2) is 12.1 Å². The summed E-state index contributed by atoms with van der Waals surface area (Å²) in [5.74, 6) is 0. The monoisotopic (exact) mass is 167 g/mol. The second-order valence-corrected chi connectivity index (χ2v) is 3.86. The first-order chi connectivity index (χ1) is 5.97. The van der Waals surface area contributed by atoms with Crippen LogP contribution < -0.4 is 5.43 Å². The molecule has 2 unspecified atom stereocenters. The van der Waals surface area contributed by atoms with Gasteiger partial charge >= 0.3 is 0 Å². The summed E-state index contributed by atoms with van der Waals surface area (Å²) in [6.45, 7) is 0. The molecule has 0 radical (unpaired) electrons. The summed E-state index contributed by atoms with van der Waals surface area (Å²) >= 11 is 0. The van der Waals surface area contributed by atoms with Crippen LogP contribution in [0.4, 0.5) is 0 Å². The summed E-state index contributed by atoms with van der Waals surface area (Å²) in [5, 5.41) is 8.13. The quantitative estimate of drug-likeness (QED) is 0.591. The van der Waals surface area contributed by atoms with Crippen molar-refractivity contribution in [3.63, 3.8) is 0 Å². The van der Waals surface area contributed by atoms with Crippen LogP contribution in [-0.2, 0) is 0 Å². The molecule has 1 heterocycles. The maximum absolute atomic E-state index is 4.21. The molecule has 1 aliphatic heterocycles. The van der Waals surface area contributed by atoms with Crippen LogP contribution in [0.15, 0.2) is 10.3 Å². The van der Waals surface area contributed by atoms with Crippen molar-refractivity contribution in [3.8, 4) is 0 Å². The highest BCUT2D eigenvalue weighted by atomic mass is 15.5. The number of fused-ring (bicyclic) bond motifs is 1. The number of nitrogens with zero attached hydrogens (tertiary/aromatic N) is 2. The van der Waals surface area contributed by atoms with Crippen LogP contribution in [0.5, 0.6) is 0 Å². The van der Waals surface area contributed by atoms with Crippen LogP contribution in [0, 0.1) is 0 Å². The van der Waals surface area contributed by atoms with Crippen LogP contribution in [0.25, 0.3) is 0 Å². The van der Waals surface area contributed by atoms with Gasteiger partial charge in [-0.25, -0.2) is 0 Å². The van der Waals surface area contributed by atoms with Gasteiger partial charge in [-0.15, -0.1) is 0 Å². The van der Waals surface area contributed by atoms with Crippen molar-refractivity contribution in [3.05, 3.63) is 0 Å². The standard InChI is InChI=1S/C9H17N3/c1-2-4-6-8-9(7-5-3-1)11-12-10-8/h8-9H,1-7H2,(H,10,11). The Hall–Kier alpha value is -0.600. The lowest BCUT2D eigenvalue weighted by Crippen LogP contribution is -2.29. The third kappa shape index (κ3) is 1.76. The summed E-state index contributed by atoms with van der Waals surface area (Å²) in [6.07, 6.45) is 9.38. The van der Waals surface area contributed by atoms with Gasteiger partial charge < -0.3 is 0 Å². The SMILES string of the molecule is C1CCCC2N=NNC2CCC1. The minimum Gasteiger partial charge on any atom is -0.286 e. The molecular formula is C9H17N3. The van der Waals surface area contributed by atoms with E-state index in [1.54, 1.807) is 0 Å². The fraction of sp³-hybridized carbons (Fsp3) is 1.00. The van der Waals surface area contributed by atoms with Crippen molar-refractivity contribution < 1.29 is 0 Å². The molecule has 1 fully saturated rings. The third-order valence-corrected chi connectivity index (χ3v) is 2.91. The van der Waals surface area contributed by atoms with Gasteiger partial charge in [0.15, 0.2) is 0 Å². The first kappa shape index (κ1) is 8.02.